The molecule has 0 unspecified atom stereocenters. The molecule has 0 aliphatic heterocycles. The molecule has 0 bridgehead atoms. The van der Waals surface area contributed by atoms with Gasteiger partial charge in [0.1, 0.15) is 5.75 Å². The molecular formula is C20H26OS. The number of unbranched alkanes of at least 4 members (excludes halogenated alkanes) is 2. The molecule has 0 radical (unpaired) electrons. The second-order valence-corrected chi connectivity index (χ2v) is 6.31. The fourth-order valence-corrected chi connectivity index (χ4v) is 3.27. The lowest BCUT2D eigenvalue weighted by Crippen LogP contribution is -1.98. The van der Waals surface area contributed by atoms with Crippen molar-refractivity contribution in [3.05, 3.63) is 47.5 Å². The van der Waals surface area contributed by atoms with Gasteiger partial charge in [-0.15, -0.1) is 12.6 Å². The number of aryl methyl sites for hydroxylation is 1. The van der Waals surface area contributed by atoms with Crippen LogP contribution in [0.25, 0.3) is 11.1 Å². The lowest BCUT2D eigenvalue weighted by molar-refractivity contribution is 0.458. The number of phenols is 1. The van der Waals surface area contributed by atoms with Crippen LogP contribution in [0.3, 0.4) is 0 Å². The summed E-state index contributed by atoms with van der Waals surface area (Å²) in [5.41, 5.74) is 4.33. The Morgan fingerprint density at radius 1 is 0.955 bits per heavy atom. The van der Waals surface area contributed by atoms with Crippen molar-refractivity contribution in [2.75, 3.05) is 0 Å². The Labute approximate surface area is 139 Å². The van der Waals surface area contributed by atoms with Gasteiger partial charge in [-0.2, -0.15) is 0 Å². The Hall–Kier alpha value is -1.41. The van der Waals surface area contributed by atoms with Crippen LogP contribution < -0.4 is 0 Å². The quantitative estimate of drug-likeness (QED) is 0.598. The Kier molecular flexibility index (Phi) is 6.38. The Balaban J connectivity index is 2.53. The van der Waals surface area contributed by atoms with E-state index in [9.17, 15) is 5.11 Å². The van der Waals surface area contributed by atoms with E-state index in [1.165, 1.54) is 0 Å². The maximum Gasteiger partial charge on any atom is 0.122 e. The number of thiol groups is 1. The van der Waals surface area contributed by atoms with Gasteiger partial charge >= 0.3 is 0 Å². The summed E-state index contributed by atoms with van der Waals surface area (Å²) >= 11 is 4.73. The summed E-state index contributed by atoms with van der Waals surface area (Å²) in [4.78, 5) is 0.973. The zero-order valence-electron chi connectivity index (χ0n) is 13.6. The second kappa shape index (κ2) is 8.28. The summed E-state index contributed by atoms with van der Waals surface area (Å²) < 4.78 is 0. The van der Waals surface area contributed by atoms with E-state index in [2.05, 4.69) is 26.0 Å². The zero-order valence-corrected chi connectivity index (χ0v) is 14.5. The normalized spacial score (nSPS) is 10.9. The first-order chi connectivity index (χ1) is 10.7. The molecule has 118 valence electrons. The predicted octanol–water partition coefficient (Wildman–Crippen LogP) is 6.03. The summed E-state index contributed by atoms with van der Waals surface area (Å²) in [6, 6.07) is 12.3. The van der Waals surface area contributed by atoms with E-state index >= 15 is 0 Å². The Morgan fingerprint density at radius 3 is 2.23 bits per heavy atom. The van der Waals surface area contributed by atoms with Gasteiger partial charge in [-0.05, 0) is 42.9 Å². The minimum atomic E-state index is 0.485. The average Bonchev–Trinajstić information content (AvgIpc) is 2.54. The van der Waals surface area contributed by atoms with Crippen molar-refractivity contribution in [3.63, 3.8) is 0 Å². The van der Waals surface area contributed by atoms with Crippen LogP contribution in [0.1, 0.15) is 50.7 Å². The van der Waals surface area contributed by atoms with Crippen molar-refractivity contribution in [1.82, 2.24) is 0 Å². The number of hydrogen-bond donors (Lipinski definition) is 2. The maximum atomic E-state index is 10.8. The fourth-order valence-electron chi connectivity index (χ4n) is 2.85. The van der Waals surface area contributed by atoms with Crippen LogP contribution >= 0.6 is 12.6 Å². The molecule has 0 heterocycles. The molecule has 0 aliphatic carbocycles. The summed E-state index contributed by atoms with van der Waals surface area (Å²) in [6.45, 7) is 4.36. The van der Waals surface area contributed by atoms with Crippen molar-refractivity contribution in [2.24, 2.45) is 0 Å². The van der Waals surface area contributed by atoms with Crippen LogP contribution in [0.15, 0.2) is 41.3 Å². The topological polar surface area (TPSA) is 20.2 Å². The van der Waals surface area contributed by atoms with E-state index in [0.29, 0.717) is 5.75 Å². The highest BCUT2D eigenvalue weighted by molar-refractivity contribution is 7.80. The molecule has 2 aromatic rings. The summed E-state index contributed by atoms with van der Waals surface area (Å²) in [5, 5.41) is 10.8. The molecule has 0 saturated carbocycles. The lowest BCUT2D eigenvalue weighted by Gasteiger charge is -2.18. The molecule has 1 N–H and O–H groups in total. The van der Waals surface area contributed by atoms with Crippen molar-refractivity contribution in [3.8, 4) is 16.9 Å². The van der Waals surface area contributed by atoms with Gasteiger partial charge in [-0.3, -0.25) is 0 Å². The second-order valence-electron chi connectivity index (χ2n) is 5.83. The summed E-state index contributed by atoms with van der Waals surface area (Å²) in [5.74, 6) is 0.485. The third-order valence-electron chi connectivity index (χ3n) is 4.10. The van der Waals surface area contributed by atoms with Gasteiger partial charge in [0.25, 0.3) is 0 Å². The third kappa shape index (κ3) is 3.86. The van der Waals surface area contributed by atoms with Crippen LogP contribution in [0.2, 0.25) is 0 Å². The molecule has 0 aromatic heterocycles. The Morgan fingerprint density at radius 2 is 1.59 bits per heavy atom. The third-order valence-corrected chi connectivity index (χ3v) is 4.45. The van der Waals surface area contributed by atoms with Crippen LogP contribution in [0.4, 0.5) is 0 Å². The van der Waals surface area contributed by atoms with Crippen LogP contribution in [-0.4, -0.2) is 5.11 Å². The smallest absolute Gasteiger partial charge is 0.122 e. The first-order valence-electron chi connectivity index (χ1n) is 8.31. The maximum absolute atomic E-state index is 10.8. The van der Waals surface area contributed by atoms with Gasteiger partial charge in [0.2, 0.25) is 0 Å². The fraction of sp³-hybridized carbons (Fsp3) is 0.400. The molecule has 0 spiro atoms. The van der Waals surface area contributed by atoms with Crippen molar-refractivity contribution in [1.29, 1.82) is 0 Å². The molecule has 0 atom stereocenters. The van der Waals surface area contributed by atoms with E-state index in [1.807, 2.05) is 24.3 Å². The van der Waals surface area contributed by atoms with Crippen LogP contribution in [0, 0.1) is 0 Å². The highest BCUT2D eigenvalue weighted by atomic mass is 32.1. The number of hydrogen-bond acceptors (Lipinski definition) is 2. The van der Waals surface area contributed by atoms with Crippen molar-refractivity contribution >= 4 is 12.6 Å². The molecule has 22 heavy (non-hydrogen) atoms. The van der Waals surface area contributed by atoms with Crippen molar-refractivity contribution < 1.29 is 5.11 Å². The van der Waals surface area contributed by atoms with E-state index < -0.39 is 0 Å². The van der Waals surface area contributed by atoms with Gasteiger partial charge < -0.3 is 5.11 Å². The van der Waals surface area contributed by atoms with E-state index in [0.717, 1.165) is 65.7 Å². The molecule has 1 nitrogen and oxygen atoms in total. The van der Waals surface area contributed by atoms with Crippen LogP contribution in [0.5, 0.6) is 5.75 Å². The van der Waals surface area contributed by atoms with E-state index in [1.54, 1.807) is 0 Å². The Bertz CT molecular complexity index is 605. The summed E-state index contributed by atoms with van der Waals surface area (Å²) in [6.07, 6.45) is 6.25. The van der Waals surface area contributed by atoms with Crippen LogP contribution in [-0.2, 0) is 12.8 Å². The number of aromatic hydroxyl groups is 1. The van der Waals surface area contributed by atoms with E-state index in [4.69, 9.17) is 12.6 Å². The average molecular weight is 314 g/mol. The molecular weight excluding hydrogens is 288 g/mol. The minimum absolute atomic E-state index is 0.485. The molecule has 0 saturated heterocycles. The van der Waals surface area contributed by atoms with Gasteiger partial charge in [0.15, 0.2) is 0 Å². The molecule has 2 rings (SSSR count). The lowest BCUT2D eigenvalue weighted by atomic mass is 9.91. The largest absolute Gasteiger partial charge is 0.507 e. The molecule has 2 aromatic carbocycles. The number of benzene rings is 2. The molecule has 2 heteroatoms. The summed E-state index contributed by atoms with van der Waals surface area (Å²) in [7, 11) is 0. The van der Waals surface area contributed by atoms with Gasteiger partial charge in [-0.1, -0.05) is 57.0 Å². The first-order valence-corrected chi connectivity index (χ1v) is 8.75. The number of rotatable bonds is 7. The molecule has 0 fully saturated rings. The highest BCUT2D eigenvalue weighted by Gasteiger charge is 2.17. The highest BCUT2D eigenvalue weighted by Crippen LogP contribution is 2.39. The van der Waals surface area contributed by atoms with Crippen molar-refractivity contribution in [2.45, 2.75) is 57.3 Å². The molecule has 0 aliphatic rings. The van der Waals surface area contributed by atoms with Gasteiger partial charge in [0, 0.05) is 16.0 Å². The number of phenolic OH excluding ortho intramolecular Hbond substituents is 1. The predicted molar refractivity (Wildman–Crippen MR) is 98.0 cm³/mol. The monoisotopic (exact) mass is 314 g/mol. The standard InChI is InChI=1S/C20H26OS/c1-3-5-10-16-14-18(22)19(15-11-8-7-9-12-15)17(20(16)21)13-6-4-2/h7-9,11-12,14,21-22H,3-6,10,13H2,1-2H3. The first kappa shape index (κ1) is 17.0. The van der Waals surface area contributed by atoms with E-state index in [-0.39, 0.29) is 0 Å². The zero-order chi connectivity index (χ0) is 15.9. The van der Waals surface area contributed by atoms with Gasteiger partial charge in [0.05, 0.1) is 0 Å². The van der Waals surface area contributed by atoms with Gasteiger partial charge in [-0.25, -0.2) is 0 Å². The minimum Gasteiger partial charge on any atom is -0.507 e. The molecule has 0 amide bonds. The SMILES string of the molecule is CCCCc1cc(S)c(-c2ccccc2)c(CCCC)c1O.